The first kappa shape index (κ1) is 8.07. The van der Waals surface area contributed by atoms with Crippen molar-refractivity contribution in [3.8, 4) is 5.75 Å². The predicted molar refractivity (Wildman–Crippen MR) is 53.3 cm³/mol. The number of nitrogen functional groups attached to an aromatic ring is 1. The van der Waals surface area contributed by atoms with Gasteiger partial charge in [-0.1, -0.05) is 0 Å². The summed E-state index contributed by atoms with van der Waals surface area (Å²) in [6.07, 6.45) is 0.741. The van der Waals surface area contributed by atoms with Crippen LogP contribution in [-0.2, 0) is 0 Å². The smallest absolute Gasteiger partial charge is 0.156 e. The molecule has 1 aromatic carbocycles. The van der Waals surface area contributed by atoms with E-state index in [0.29, 0.717) is 10.3 Å². The molecule has 1 aromatic heterocycles. The number of anilines is 1. The van der Waals surface area contributed by atoms with E-state index in [2.05, 4.69) is 0 Å². The van der Waals surface area contributed by atoms with Crippen LogP contribution >= 0.6 is 11.3 Å². The molecule has 0 unspecified atom stereocenters. The molecule has 0 spiro atoms. The SMILES string of the molecule is Nc1cc(C=O)c2ccsc2c1O. The maximum Gasteiger partial charge on any atom is 0.156 e. The number of fused-ring (bicyclic) bond motifs is 1. The van der Waals surface area contributed by atoms with Crippen molar-refractivity contribution in [3.63, 3.8) is 0 Å². The van der Waals surface area contributed by atoms with Gasteiger partial charge in [-0.3, -0.25) is 4.79 Å². The zero-order valence-corrected chi connectivity index (χ0v) is 7.47. The number of aromatic hydroxyl groups is 1. The molecule has 3 N–H and O–H groups in total. The number of benzene rings is 1. The molecule has 1 heterocycles. The number of carbonyl (C=O) groups excluding carboxylic acids is 1. The average molecular weight is 193 g/mol. The van der Waals surface area contributed by atoms with Crippen molar-refractivity contribution in [1.82, 2.24) is 0 Å². The Morgan fingerprint density at radius 3 is 3.00 bits per heavy atom. The van der Waals surface area contributed by atoms with Crippen LogP contribution in [0.2, 0.25) is 0 Å². The molecule has 0 aliphatic carbocycles. The van der Waals surface area contributed by atoms with Crippen molar-refractivity contribution >= 4 is 33.4 Å². The van der Waals surface area contributed by atoms with Crippen LogP contribution in [0.4, 0.5) is 5.69 Å². The largest absolute Gasteiger partial charge is 0.504 e. The summed E-state index contributed by atoms with van der Waals surface area (Å²) in [4.78, 5) is 10.6. The van der Waals surface area contributed by atoms with Gasteiger partial charge in [0.05, 0.1) is 10.4 Å². The first-order valence-electron chi connectivity index (χ1n) is 3.68. The third kappa shape index (κ3) is 1.07. The van der Waals surface area contributed by atoms with Gasteiger partial charge in [0.25, 0.3) is 0 Å². The molecule has 0 aliphatic heterocycles. The fourth-order valence-corrected chi connectivity index (χ4v) is 2.14. The molecular weight excluding hydrogens is 186 g/mol. The maximum absolute atomic E-state index is 10.6. The summed E-state index contributed by atoms with van der Waals surface area (Å²) in [5.74, 6) is 0.0654. The third-order valence-corrected chi connectivity index (χ3v) is 2.82. The fourth-order valence-electron chi connectivity index (χ4n) is 1.26. The van der Waals surface area contributed by atoms with E-state index >= 15 is 0 Å². The number of hydrogen-bond donors (Lipinski definition) is 2. The van der Waals surface area contributed by atoms with Crippen molar-refractivity contribution in [2.75, 3.05) is 5.73 Å². The van der Waals surface area contributed by atoms with E-state index < -0.39 is 0 Å². The average Bonchev–Trinajstić information content (AvgIpc) is 2.60. The van der Waals surface area contributed by atoms with E-state index in [9.17, 15) is 9.90 Å². The van der Waals surface area contributed by atoms with Crippen LogP contribution in [0.5, 0.6) is 5.75 Å². The Morgan fingerprint density at radius 1 is 1.54 bits per heavy atom. The molecule has 0 saturated heterocycles. The maximum atomic E-state index is 10.6. The molecule has 0 aliphatic rings. The fraction of sp³-hybridized carbons (Fsp3) is 0. The second-order valence-electron chi connectivity index (χ2n) is 2.68. The van der Waals surface area contributed by atoms with E-state index in [1.807, 2.05) is 5.38 Å². The van der Waals surface area contributed by atoms with Crippen LogP contribution in [0.25, 0.3) is 10.1 Å². The first-order chi connectivity index (χ1) is 6.24. The zero-order chi connectivity index (χ0) is 9.42. The summed E-state index contributed by atoms with van der Waals surface area (Å²) in [5.41, 5.74) is 6.29. The highest BCUT2D eigenvalue weighted by molar-refractivity contribution is 7.17. The highest BCUT2D eigenvalue weighted by Gasteiger charge is 2.09. The standard InChI is InChI=1S/C9H7NO2S/c10-7-3-5(4-11)6-1-2-13-9(6)8(7)12/h1-4,12H,10H2. The summed E-state index contributed by atoms with van der Waals surface area (Å²) in [6, 6.07) is 3.28. The van der Waals surface area contributed by atoms with Crippen molar-refractivity contribution in [3.05, 3.63) is 23.1 Å². The van der Waals surface area contributed by atoms with Gasteiger partial charge in [0, 0.05) is 10.9 Å². The van der Waals surface area contributed by atoms with Gasteiger partial charge in [-0.25, -0.2) is 0 Å². The lowest BCUT2D eigenvalue weighted by Crippen LogP contribution is -1.89. The van der Waals surface area contributed by atoms with E-state index in [0.717, 1.165) is 11.7 Å². The number of hydrogen-bond acceptors (Lipinski definition) is 4. The minimum Gasteiger partial charge on any atom is -0.504 e. The Morgan fingerprint density at radius 2 is 2.31 bits per heavy atom. The Bertz CT molecular complexity index is 476. The topological polar surface area (TPSA) is 63.3 Å². The van der Waals surface area contributed by atoms with Crippen LogP contribution in [0, 0.1) is 0 Å². The van der Waals surface area contributed by atoms with E-state index in [1.165, 1.54) is 17.4 Å². The molecule has 2 aromatic rings. The van der Waals surface area contributed by atoms with Gasteiger partial charge >= 0.3 is 0 Å². The lowest BCUT2D eigenvalue weighted by atomic mass is 10.1. The number of aldehydes is 1. The third-order valence-electron chi connectivity index (χ3n) is 1.90. The van der Waals surface area contributed by atoms with Crippen molar-refractivity contribution in [2.24, 2.45) is 0 Å². The molecule has 66 valence electrons. The Labute approximate surface area is 78.4 Å². The summed E-state index contributed by atoms with van der Waals surface area (Å²) >= 11 is 1.37. The van der Waals surface area contributed by atoms with Gasteiger partial charge in [-0.05, 0) is 17.5 Å². The van der Waals surface area contributed by atoms with E-state index in [-0.39, 0.29) is 11.4 Å². The zero-order valence-electron chi connectivity index (χ0n) is 6.65. The van der Waals surface area contributed by atoms with Crippen LogP contribution in [0.1, 0.15) is 10.4 Å². The van der Waals surface area contributed by atoms with E-state index in [4.69, 9.17) is 5.73 Å². The Balaban J connectivity index is 2.95. The quantitative estimate of drug-likeness (QED) is 0.413. The number of rotatable bonds is 1. The summed E-state index contributed by atoms with van der Waals surface area (Å²) < 4.78 is 0.669. The van der Waals surface area contributed by atoms with E-state index in [1.54, 1.807) is 6.07 Å². The van der Waals surface area contributed by atoms with Gasteiger partial charge < -0.3 is 10.8 Å². The number of nitrogens with two attached hydrogens (primary N) is 1. The van der Waals surface area contributed by atoms with Crippen molar-refractivity contribution in [2.45, 2.75) is 0 Å². The van der Waals surface area contributed by atoms with Crippen LogP contribution < -0.4 is 5.73 Å². The lowest BCUT2D eigenvalue weighted by molar-refractivity contribution is 0.112. The summed E-state index contributed by atoms with van der Waals surface area (Å²) in [6.45, 7) is 0. The molecule has 3 nitrogen and oxygen atoms in total. The van der Waals surface area contributed by atoms with Gasteiger partial charge in [-0.2, -0.15) is 0 Å². The number of phenolic OH excluding ortho intramolecular Hbond substituents is 1. The molecular formula is C9H7NO2S. The number of thiophene rings is 1. The molecule has 0 bridgehead atoms. The number of carbonyl (C=O) groups is 1. The number of phenols is 1. The highest BCUT2D eigenvalue weighted by atomic mass is 32.1. The molecule has 0 fully saturated rings. The summed E-state index contributed by atoms with van der Waals surface area (Å²) in [7, 11) is 0. The lowest BCUT2D eigenvalue weighted by Gasteiger charge is -2.01. The van der Waals surface area contributed by atoms with Crippen LogP contribution in [-0.4, -0.2) is 11.4 Å². The van der Waals surface area contributed by atoms with Gasteiger partial charge in [0.15, 0.2) is 12.0 Å². The normalized spacial score (nSPS) is 10.5. The highest BCUT2D eigenvalue weighted by Crippen LogP contribution is 2.36. The Kier molecular flexibility index (Phi) is 1.70. The minimum absolute atomic E-state index is 0.0654. The van der Waals surface area contributed by atoms with Gasteiger partial charge in [-0.15, -0.1) is 11.3 Å². The second-order valence-corrected chi connectivity index (χ2v) is 3.60. The molecule has 0 radical (unpaired) electrons. The Hall–Kier alpha value is -1.55. The van der Waals surface area contributed by atoms with Gasteiger partial charge in [0.1, 0.15) is 0 Å². The molecule has 0 atom stereocenters. The van der Waals surface area contributed by atoms with Crippen LogP contribution in [0.3, 0.4) is 0 Å². The molecule has 0 amide bonds. The van der Waals surface area contributed by atoms with Crippen molar-refractivity contribution in [1.29, 1.82) is 0 Å². The molecule has 2 rings (SSSR count). The van der Waals surface area contributed by atoms with Crippen LogP contribution in [0.15, 0.2) is 17.5 Å². The van der Waals surface area contributed by atoms with Crippen molar-refractivity contribution < 1.29 is 9.90 Å². The predicted octanol–water partition coefficient (Wildman–Crippen LogP) is 2.00. The molecule has 13 heavy (non-hydrogen) atoms. The molecule has 4 heteroatoms. The monoisotopic (exact) mass is 193 g/mol. The molecule has 0 saturated carbocycles. The van der Waals surface area contributed by atoms with Gasteiger partial charge in [0.2, 0.25) is 0 Å². The summed E-state index contributed by atoms with van der Waals surface area (Å²) in [5, 5.41) is 12.1. The minimum atomic E-state index is 0.0654. The second kappa shape index (κ2) is 2.74. The first-order valence-corrected chi connectivity index (χ1v) is 4.56.